The number of aromatic amines is 1. The van der Waals surface area contributed by atoms with Crippen molar-refractivity contribution in [1.82, 2.24) is 9.97 Å². The van der Waals surface area contributed by atoms with Gasteiger partial charge in [0.2, 0.25) is 0 Å². The van der Waals surface area contributed by atoms with E-state index in [4.69, 9.17) is 9.84 Å². The van der Waals surface area contributed by atoms with E-state index in [1.807, 2.05) is 26.0 Å². The van der Waals surface area contributed by atoms with Gasteiger partial charge in [0.1, 0.15) is 5.65 Å². The lowest BCUT2D eigenvalue weighted by Crippen LogP contribution is -2.29. The number of ether oxygens (including phenoxy) is 1. The maximum Gasteiger partial charge on any atom is 0.333 e. The number of carboxylic acid groups (broad SMARTS) is 1. The minimum atomic E-state index is -0.943. The third kappa shape index (κ3) is 2.68. The second-order valence-corrected chi connectivity index (χ2v) is 4.43. The Morgan fingerprint density at radius 2 is 2.33 bits per heavy atom. The molecule has 0 bridgehead atoms. The third-order valence-corrected chi connectivity index (χ3v) is 2.65. The molecule has 0 radical (unpaired) electrons. The number of aromatic nitrogens is 2. The van der Waals surface area contributed by atoms with Crippen molar-refractivity contribution < 1.29 is 14.6 Å². The molecule has 96 valence electrons. The zero-order chi connectivity index (χ0) is 13.1. The zero-order valence-corrected chi connectivity index (χ0v) is 10.4. The summed E-state index contributed by atoms with van der Waals surface area (Å²) in [7, 11) is 0. The van der Waals surface area contributed by atoms with Crippen LogP contribution in [-0.4, -0.2) is 33.3 Å². The molecule has 0 aromatic carbocycles. The first-order valence-electron chi connectivity index (χ1n) is 5.87. The summed E-state index contributed by atoms with van der Waals surface area (Å²) in [4.78, 5) is 18.3. The second-order valence-electron chi connectivity index (χ2n) is 4.43. The standard InChI is InChI=1S/C13H16N2O3/c1-8(2)18-11(13(16)17)6-9-7-15-12-10(9)4-3-5-14-12/h3-5,7-8,11H,6H2,1-2H3,(H,14,15)(H,16,17)/t11-/m0/s1. The Labute approximate surface area is 105 Å². The van der Waals surface area contributed by atoms with Crippen molar-refractivity contribution in [2.24, 2.45) is 0 Å². The largest absolute Gasteiger partial charge is 0.479 e. The highest BCUT2D eigenvalue weighted by Crippen LogP contribution is 2.18. The van der Waals surface area contributed by atoms with Gasteiger partial charge >= 0.3 is 5.97 Å². The fourth-order valence-corrected chi connectivity index (χ4v) is 1.90. The van der Waals surface area contributed by atoms with Crippen LogP contribution in [0.3, 0.4) is 0 Å². The van der Waals surface area contributed by atoms with Gasteiger partial charge in [-0.25, -0.2) is 9.78 Å². The van der Waals surface area contributed by atoms with Crippen molar-refractivity contribution in [3.63, 3.8) is 0 Å². The van der Waals surface area contributed by atoms with E-state index >= 15 is 0 Å². The lowest BCUT2D eigenvalue weighted by molar-refractivity contribution is -0.153. The number of carboxylic acids is 1. The molecular weight excluding hydrogens is 232 g/mol. The van der Waals surface area contributed by atoms with Crippen LogP contribution in [0.4, 0.5) is 0 Å². The number of rotatable bonds is 5. The molecule has 0 unspecified atom stereocenters. The number of pyridine rings is 1. The van der Waals surface area contributed by atoms with Gasteiger partial charge in [0, 0.05) is 24.2 Å². The highest BCUT2D eigenvalue weighted by molar-refractivity contribution is 5.81. The average molecular weight is 248 g/mol. The van der Waals surface area contributed by atoms with Gasteiger partial charge in [-0.15, -0.1) is 0 Å². The Bertz CT molecular complexity index is 548. The number of fused-ring (bicyclic) bond motifs is 1. The van der Waals surface area contributed by atoms with Crippen LogP contribution in [0.5, 0.6) is 0 Å². The van der Waals surface area contributed by atoms with Gasteiger partial charge in [-0.2, -0.15) is 0 Å². The van der Waals surface area contributed by atoms with Crippen molar-refractivity contribution in [2.75, 3.05) is 0 Å². The molecule has 1 atom stereocenters. The molecular formula is C13H16N2O3. The highest BCUT2D eigenvalue weighted by Gasteiger charge is 2.21. The Kier molecular flexibility index (Phi) is 3.62. The van der Waals surface area contributed by atoms with Crippen molar-refractivity contribution in [1.29, 1.82) is 0 Å². The number of aliphatic carboxylic acids is 1. The molecule has 0 saturated heterocycles. The molecule has 2 heterocycles. The summed E-state index contributed by atoms with van der Waals surface area (Å²) in [6.07, 6.45) is 2.87. The normalized spacial score (nSPS) is 13.1. The van der Waals surface area contributed by atoms with Crippen LogP contribution in [0, 0.1) is 0 Å². The lowest BCUT2D eigenvalue weighted by Gasteiger charge is -2.15. The van der Waals surface area contributed by atoms with Crippen LogP contribution < -0.4 is 0 Å². The topological polar surface area (TPSA) is 75.2 Å². The van der Waals surface area contributed by atoms with Crippen LogP contribution in [-0.2, 0) is 16.0 Å². The highest BCUT2D eigenvalue weighted by atomic mass is 16.5. The minimum Gasteiger partial charge on any atom is -0.479 e. The van der Waals surface area contributed by atoms with Gasteiger partial charge < -0.3 is 14.8 Å². The van der Waals surface area contributed by atoms with Gasteiger partial charge in [-0.05, 0) is 31.5 Å². The van der Waals surface area contributed by atoms with Crippen LogP contribution >= 0.6 is 0 Å². The number of carbonyl (C=O) groups is 1. The molecule has 2 rings (SSSR count). The molecule has 0 aliphatic heterocycles. The number of nitrogens with zero attached hydrogens (tertiary/aromatic N) is 1. The first kappa shape index (κ1) is 12.6. The molecule has 2 aromatic heterocycles. The summed E-state index contributed by atoms with van der Waals surface area (Å²) in [5.41, 5.74) is 1.67. The molecule has 0 aliphatic rings. The smallest absolute Gasteiger partial charge is 0.333 e. The van der Waals surface area contributed by atoms with Gasteiger partial charge in [0.25, 0.3) is 0 Å². The minimum absolute atomic E-state index is 0.116. The van der Waals surface area contributed by atoms with E-state index in [0.717, 1.165) is 16.6 Å². The quantitative estimate of drug-likeness (QED) is 0.848. The van der Waals surface area contributed by atoms with E-state index in [1.165, 1.54) is 0 Å². The molecule has 2 N–H and O–H groups in total. The summed E-state index contributed by atoms with van der Waals surface area (Å²) in [6, 6.07) is 3.75. The molecule has 0 fully saturated rings. The zero-order valence-electron chi connectivity index (χ0n) is 10.4. The monoisotopic (exact) mass is 248 g/mol. The van der Waals surface area contributed by atoms with E-state index in [-0.39, 0.29) is 6.10 Å². The van der Waals surface area contributed by atoms with Crippen molar-refractivity contribution >= 4 is 17.0 Å². The van der Waals surface area contributed by atoms with E-state index in [0.29, 0.717) is 6.42 Å². The summed E-state index contributed by atoms with van der Waals surface area (Å²) < 4.78 is 5.40. The van der Waals surface area contributed by atoms with Crippen LogP contribution in [0.1, 0.15) is 19.4 Å². The van der Waals surface area contributed by atoms with Crippen molar-refractivity contribution in [2.45, 2.75) is 32.5 Å². The Morgan fingerprint density at radius 1 is 1.56 bits per heavy atom. The Balaban J connectivity index is 2.23. The van der Waals surface area contributed by atoms with Gasteiger partial charge in [-0.1, -0.05) is 0 Å². The number of H-pyrrole nitrogens is 1. The number of hydrogen-bond donors (Lipinski definition) is 2. The van der Waals surface area contributed by atoms with Gasteiger partial charge in [0.05, 0.1) is 6.10 Å². The molecule has 5 nitrogen and oxygen atoms in total. The number of hydrogen-bond acceptors (Lipinski definition) is 3. The van der Waals surface area contributed by atoms with Crippen molar-refractivity contribution in [3.05, 3.63) is 30.1 Å². The summed E-state index contributed by atoms with van der Waals surface area (Å²) in [6.45, 7) is 3.65. The third-order valence-electron chi connectivity index (χ3n) is 2.65. The molecule has 0 spiro atoms. The maximum atomic E-state index is 11.1. The summed E-state index contributed by atoms with van der Waals surface area (Å²) in [5.74, 6) is -0.943. The van der Waals surface area contributed by atoms with Crippen LogP contribution in [0.25, 0.3) is 11.0 Å². The molecule has 0 saturated carbocycles. The van der Waals surface area contributed by atoms with Gasteiger partial charge in [-0.3, -0.25) is 0 Å². The SMILES string of the molecule is CC(C)O[C@@H](Cc1c[nH]c2ncccc12)C(=O)O. The maximum absolute atomic E-state index is 11.1. The molecule has 0 amide bonds. The predicted octanol–water partition coefficient (Wildman–Crippen LogP) is 1.98. The summed E-state index contributed by atoms with van der Waals surface area (Å²) in [5, 5.41) is 10.1. The Morgan fingerprint density at radius 3 is 3.00 bits per heavy atom. The van der Waals surface area contributed by atoms with Crippen LogP contribution in [0.15, 0.2) is 24.5 Å². The fourth-order valence-electron chi connectivity index (χ4n) is 1.90. The molecule has 5 heteroatoms. The van der Waals surface area contributed by atoms with Crippen molar-refractivity contribution in [3.8, 4) is 0 Å². The fraction of sp³-hybridized carbons (Fsp3) is 0.385. The van der Waals surface area contributed by atoms with E-state index in [1.54, 1.807) is 12.4 Å². The molecule has 18 heavy (non-hydrogen) atoms. The van der Waals surface area contributed by atoms with Crippen LogP contribution in [0.2, 0.25) is 0 Å². The predicted molar refractivity (Wildman–Crippen MR) is 67.4 cm³/mol. The second kappa shape index (κ2) is 5.18. The molecule has 2 aromatic rings. The average Bonchev–Trinajstić information content (AvgIpc) is 2.71. The molecule has 0 aliphatic carbocycles. The van der Waals surface area contributed by atoms with E-state index < -0.39 is 12.1 Å². The Hall–Kier alpha value is -1.88. The lowest BCUT2D eigenvalue weighted by atomic mass is 10.1. The van der Waals surface area contributed by atoms with E-state index in [2.05, 4.69) is 9.97 Å². The summed E-state index contributed by atoms with van der Waals surface area (Å²) >= 11 is 0. The first-order valence-corrected chi connectivity index (χ1v) is 5.87. The first-order chi connectivity index (χ1) is 8.58. The van der Waals surface area contributed by atoms with Gasteiger partial charge in [0.15, 0.2) is 6.10 Å². The van der Waals surface area contributed by atoms with E-state index in [9.17, 15) is 4.79 Å². The number of nitrogens with one attached hydrogen (secondary N) is 1.